The van der Waals surface area contributed by atoms with Gasteiger partial charge in [0.1, 0.15) is 5.82 Å². The van der Waals surface area contributed by atoms with Gasteiger partial charge in [0.15, 0.2) is 0 Å². The Bertz CT molecular complexity index is 552. The molecule has 2 aromatic rings. The van der Waals surface area contributed by atoms with E-state index in [9.17, 15) is 14.5 Å². The van der Waals surface area contributed by atoms with Crippen molar-refractivity contribution in [3.63, 3.8) is 0 Å². The molecule has 0 fully saturated rings. The summed E-state index contributed by atoms with van der Waals surface area (Å²) in [6.45, 7) is 0. The molecule has 0 unspecified atom stereocenters. The number of nitro benzene ring substituents is 1. The summed E-state index contributed by atoms with van der Waals surface area (Å²) >= 11 is 0. The van der Waals surface area contributed by atoms with E-state index in [0.717, 1.165) is 18.2 Å². The Morgan fingerprint density at radius 3 is 2.81 bits per heavy atom. The molecule has 0 amide bonds. The number of non-ortho nitro benzene ring substituents is 1. The minimum atomic E-state index is -0.602. The number of aromatic nitrogens is 2. The van der Waals surface area contributed by atoms with E-state index in [2.05, 4.69) is 10.2 Å². The summed E-state index contributed by atoms with van der Waals surface area (Å²) in [6, 6.07) is 3.22. The van der Waals surface area contributed by atoms with Gasteiger partial charge in [-0.3, -0.25) is 15.2 Å². The third-order valence-corrected chi connectivity index (χ3v) is 2.10. The maximum Gasteiger partial charge on any atom is 0.270 e. The van der Waals surface area contributed by atoms with Crippen molar-refractivity contribution >= 4 is 11.4 Å². The van der Waals surface area contributed by atoms with E-state index in [1.54, 1.807) is 0 Å². The fourth-order valence-corrected chi connectivity index (χ4v) is 1.33. The zero-order chi connectivity index (χ0) is 11.7. The van der Waals surface area contributed by atoms with Crippen LogP contribution in [0.5, 0.6) is 0 Å². The van der Waals surface area contributed by atoms with Crippen LogP contribution in [0.2, 0.25) is 0 Å². The zero-order valence-corrected chi connectivity index (χ0v) is 7.98. The van der Waals surface area contributed by atoms with E-state index >= 15 is 0 Å². The zero-order valence-electron chi connectivity index (χ0n) is 7.98. The Labute approximate surface area is 89.0 Å². The van der Waals surface area contributed by atoms with Crippen LogP contribution in [0.25, 0.3) is 11.3 Å². The molecule has 0 saturated carbocycles. The van der Waals surface area contributed by atoms with Crippen molar-refractivity contribution in [3.05, 3.63) is 40.3 Å². The molecule has 3 N–H and O–H groups in total. The number of anilines is 1. The summed E-state index contributed by atoms with van der Waals surface area (Å²) in [7, 11) is 0. The molecule has 1 heterocycles. The van der Waals surface area contributed by atoms with Gasteiger partial charge in [0.25, 0.3) is 5.69 Å². The summed E-state index contributed by atoms with van der Waals surface area (Å²) in [5, 5.41) is 16.7. The predicted octanol–water partition coefficient (Wildman–Crippen LogP) is 1.71. The van der Waals surface area contributed by atoms with Crippen LogP contribution in [0.3, 0.4) is 0 Å². The van der Waals surface area contributed by atoms with Crippen molar-refractivity contribution < 1.29 is 9.31 Å². The number of halogens is 1. The fourth-order valence-electron chi connectivity index (χ4n) is 1.33. The molecule has 0 aliphatic heterocycles. The third-order valence-electron chi connectivity index (χ3n) is 2.10. The predicted molar refractivity (Wildman–Crippen MR) is 55.0 cm³/mol. The van der Waals surface area contributed by atoms with Gasteiger partial charge in [-0.15, -0.1) is 0 Å². The molecule has 16 heavy (non-hydrogen) atoms. The van der Waals surface area contributed by atoms with Crippen molar-refractivity contribution in [2.75, 3.05) is 5.73 Å². The van der Waals surface area contributed by atoms with Crippen LogP contribution < -0.4 is 5.73 Å². The Balaban J connectivity index is 2.60. The number of nitrogen functional groups attached to an aromatic ring is 1. The van der Waals surface area contributed by atoms with Crippen LogP contribution in [-0.2, 0) is 0 Å². The van der Waals surface area contributed by atoms with E-state index in [0.29, 0.717) is 0 Å². The first-order chi connectivity index (χ1) is 7.59. The number of hydrogen-bond donors (Lipinski definition) is 2. The summed E-state index contributed by atoms with van der Waals surface area (Å²) in [5.74, 6) is -0.596. The fraction of sp³-hybridized carbons (Fsp3) is 0. The smallest absolute Gasteiger partial charge is 0.270 e. The first-order valence-corrected chi connectivity index (χ1v) is 4.32. The molecule has 2 rings (SSSR count). The molecule has 7 heteroatoms. The summed E-state index contributed by atoms with van der Waals surface area (Å²) in [4.78, 5) is 9.94. The highest BCUT2D eigenvalue weighted by Gasteiger charge is 2.15. The molecule has 0 aliphatic carbocycles. The highest BCUT2D eigenvalue weighted by molar-refractivity contribution is 5.73. The minimum Gasteiger partial charge on any atom is -0.396 e. The molecule has 82 valence electrons. The number of rotatable bonds is 2. The van der Waals surface area contributed by atoms with Crippen molar-refractivity contribution in [2.24, 2.45) is 0 Å². The Hall–Kier alpha value is -2.44. The Morgan fingerprint density at radius 1 is 1.50 bits per heavy atom. The number of nitrogens with zero attached hydrogens (tertiary/aromatic N) is 2. The number of benzene rings is 1. The summed E-state index contributed by atoms with van der Waals surface area (Å²) in [5.41, 5.74) is 5.84. The number of nitrogens with one attached hydrogen (secondary N) is 1. The van der Waals surface area contributed by atoms with Gasteiger partial charge in [-0.1, -0.05) is 0 Å². The highest BCUT2D eigenvalue weighted by Crippen LogP contribution is 2.28. The van der Waals surface area contributed by atoms with Crippen LogP contribution in [0.4, 0.5) is 15.8 Å². The average Bonchev–Trinajstić information content (AvgIpc) is 2.65. The van der Waals surface area contributed by atoms with Gasteiger partial charge < -0.3 is 5.73 Å². The van der Waals surface area contributed by atoms with Gasteiger partial charge in [-0.25, -0.2) is 4.39 Å². The topological polar surface area (TPSA) is 97.8 Å². The van der Waals surface area contributed by atoms with E-state index in [1.807, 2.05) is 0 Å². The molecule has 0 atom stereocenters. The molecule has 0 spiro atoms. The molecular formula is C9H7FN4O2. The maximum absolute atomic E-state index is 13.5. The lowest BCUT2D eigenvalue weighted by Gasteiger charge is -2.01. The first kappa shape index (κ1) is 10.1. The molecular weight excluding hydrogens is 215 g/mol. The monoisotopic (exact) mass is 222 g/mol. The molecule has 0 saturated heterocycles. The lowest BCUT2D eigenvalue weighted by Crippen LogP contribution is -1.93. The highest BCUT2D eigenvalue weighted by atomic mass is 19.1. The van der Waals surface area contributed by atoms with Crippen molar-refractivity contribution in [2.45, 2.75) is 0 Å². The van der Waals surface area contributed by atoms with Gasteiger partial charge in [0, 0.05) is 17.7 Å². The second-order valence-corrected chi connectivity index (χ2v) is 3.12. The van der Waals surface area contributed by atoms with Crippen LogP contribution in [0.1, 0.15) is 0 Å². The Morgan fingerprint density at radius 2 is 2.25 bits per heavy atom. The van der Waals surface area contributed by atoms with Crippen molar-refractivity contribution in [1.82, 2.24) is 10.2 Å². The number of nitro groups is 1. The lowest BCUT2D eigenvalue weighted by atomic mass is 10.1. The summed E-state index contributed by atoms with van der Waals surface area (Å²) < 4.78 is 13.5. The van der Waals surface area contributed by atoms with E-state index in [4.69, 9.17) is 5.73 Å². The molecule has 0 radical (unpaired) electrons. The van der Waals surface area contributed by atoms with Crippen LogP contribution in [0.15, 0.2) is 24.4 Å². The second-order valence-electron chi connectivity index (χ2n) is 3.12. The molecule has 6 nitrogen and oxygen atoms in total. The van der Waals surface area contributed by atoms with Gasteiger partial charge in [0.05, 0.1) is 22.5 Å². The quantitative estimate of drug-likeness (QED) is 0.596. The minimum absolute atomic E-state index is 0.0317. The van der Waals surface area contributed by atoms with E-state index in [1.165, 1.54) is 6.20 Å². The molecule has 0 bridgehead atoms. The van der Waals surface area contributed by atoms with Crippen LogP contribution in [-0.4, -0.2) is 15.1 Å². The van der Waals surface area contributed by atoms with Gasteiger partial charge >= 0.3 is 0 Å². The summed E-state index contributed by atoms with van der Waals surface area (Å²) in [6.07, 6.45) is 1.31. The maximum atomic E-state index is 13.5. The van der Waals surface area contributed by atoms with Crippen molar-refractivity contribution in [1.29, 1.82) is 0 Å². The molecule has 0 aliphatic rings. The largest absolute Gasteiger partial charge is 0.396 e. The second kappa shape index (κ2) is 3.61. The van der Waals surface area contributed by atoms with Crippen molar-refractivity contribution in [3.8, 4) is 11.3 Å². The Kier molecular flexibility index (Phi) is 2.28. The molecule has 1 aromatic heterocycles. The average molecular weight is 222 g/mol. The standard InChI is InChI=1S/C9H7FN4O2/c10-7-2-1-5(14(15)16)3-6(7)9-8(11)4-12-13-9/h1-4H,11H2,(H,12,13). The van der Waals surface area contributed by atoms with Gasteiger partial charge in [-0.2, -0.15) is 5.10 Å². The molecule has 1 aromatic carbocycles. The third kappa shape index (κ3) is 1.58. The van der Waals surface area contributed by atoms with Gasteiger partial charge in [0.2, 0.25) is 0 Å². The van der Waals surface area contributed by atoms with E-state index < -0.39 is 10.7 Å². The number of nitrogens with two attached hydrogens (primary N) is 1. The van der Waals surface area contributed by atoms with Crippen LogP contribution >= 0.6 is 0 Å². The number of aromatic amines is 1. The first-order valence-electron chi connectivity index (χ1n) is 4.32. The van der Waals surface area contributed by atoms with Gasteiger partial charge in [-0.05, 0) is 6.07 Å². The number of H-pyrrole nitrogens is 1. The van der Waals surface area contributed by atoms with E-state index in [-0.39, 0.29) is 22.6 Å². The SMILES string of the molecule is Nc1cn[nH]c1-c1cc([N+](=O)[O-])ccc1F. The number of hydrogen-bond acceptors (Lipinski definition) is 4. The lowest BCUT2D eigenvalue weighted by molar-refractivity contribution is -0.384. The normalized spacial score (nSPS) is 10.3. The van der Waals surface area contributed by atoms with Crippen LogP contribution in [0, 0.1) is 15.9 Å².